The third kappa shape index (κ3) is 2.77. The van der Waals surface area contributed by atoms with Crippen molar-refractivity contribution in [1.29, 1.82) is 5.26 Å². The van der Waals surface area contributed by atoms with Gasteiger partial charge in [0, 0.05) is 18.3 Å². The number of hydrogen-bond donors (Lipinski definition) is 1. The summed E-state index contributed by atoms with van der Waals surface area (Å²) in [5.74, 6) is 0.104. The highest BCUT2D eigenvalue weighted by Gasteiger charge is 2.33. The van der Waals surface area contributed by atoms with Crippen LogP contribution in [0.15, 0.2) is 18.2 Å². The lowest BCUT2D eigenvalue weighted by Gasteiger charge is -2.20. The zero-order valence-electron chi connectivity index (χ0n) is 11.6. The Balaban J connectivity index is 2.24. The number of amides is 1. The summed E-state index contributed by atoms with van der Waals surface area (Å²) < 4.78 is 0. The number of carbonyl (C=O) groups excluding carboxylic acids is 1. The minimum atomic E-state index is -0.106. The smallest absolute Gasteiger partial charge is 0.244 e. The monoisotopic (exact) mass is 257 g/mol. The molecule has 1 aliphatic heterocycles. The van der Waals surface area contributed by atoms with Crippen molar-refractivity contribution >= 4 is 11.6 Å². The predicted octanol–water partition coefficient (Wildman–Crippen LogP) is 1.97. The Morgan fingerprint density at radius 3 is 2.84 bits per heavy atom. The van der Waals surface area contributed by atoms with E-state index < -0.39 is 0 Å². The second-order valence-electron chi connectivity index (χ2n) is 5.27. The second-order valence-corrected chi connectivity index (χ2v) is 5.27. The maximum absolute atomic E-state index is 12.4. The van der Waals surface area contributed by atoms with E-state index >= 15 is 0 Å². The highest BCUT2D eigenvalue weighted by Crippen LogP contribution is 2.26. The van der Waals surface area contributed by atoms with Gasteiger partial charge in [-0.15, -0.1) is 0 Å². The van der Waals surface area contributed by atoms with Gasteiger partial charge in [0.25, 0.3) is 0 Å². The van der Waals surface area contributed by atoms with E-state index in [1.807, 2.05) is 26.8 Å². The number of nitrogens with zero attached hydrogens (tertiary/aromatic N) is 2. The quantitative estimate of drug-likeness (QED) is 0.900. The fourth-order valence-corrected chi connectivity index (χ4v) is 2.45. The van der Waals surface area contributed by atoms with Crippen molar-refractivity contribution in [3.05, 3.63) is 29.3 Å². The van der Waals surface area contributed by atoms with Crippen molar-refractivity contribution in [1.82, 2.24) is 5.32 Å². The normalized spacial score (nSPS) is 19.0. The van der Waals surface area contributed by atoms with Crippen molar-refractivity contribution < 1.29 is 4.79 Å². The first-order valence-electron chi connectivity index (χ1n) is 6.61. The van der Waals surface area contributed by atoms with E-state index in [-0.39, 0.29) is 11.9 Å². The SMILES string of the molecule is Cc1ccc(C#N)cc1N1CCC(NC(C)C)C1=O. The van der Waals surface area contributed by atoms with E-state index in [2.05, 4.69) is 11.4 Å². The van der Waals surface area contributed by atoms with E-state index in [1.165, 1.54) is 0 Å². The van der Waals surface area contributed by atoms with Gasteiger partial charge in [0.2, 0.25) is 5.91 Å². The van der Waals surface area contributed by atoms with Crippen LogP contribution in [0.3, 0.4) is 0 Å². The molecule has 1 atom stereocenters. The van der Waals surface area contributed by atoms with Gasteiger partial charge in [0.15, 0.2) is 0 Å². The first-order chi connectivity index (χ1) is 9.02. The minimum Gasteiger partial charge on any atom is -0.311 e. The molecule has 1 aliphatic rings. The molecule has 2 rings (SSSR count). The summed E-state index contributed by atoms with van der Waals surface area (Å²) in [6.45, 7) is 6.75. The van der Waals surface area contributed by atoms with Crippen LogP contribution in [-0.2, 0) is 4.79 Å². The van der Waals surface area contributed by atoms with E-state index in [0.29, 0.717) is 18.2 Å². The van der Waals surface area contributed by atoms with Crippen LogP contribution in [0.4, 0.5) is 5.69 Å². The van der Waals surface area contributed by atoms with Crippen LogP contribution in [-0.4, -0.2) is 24.5 Å². The number of benzene rings is 1. The number of rotatable bonds is 3. The second kappa shape index (κ2) is 5.41. The standard InChI is InChI=1S/C15H19N3O/c1-10(2)17-13-6-7-18(15(13)19)14-8-12(9-16)5-4-11(14)3/h4-5,8,10,13,17H,6-7H2,1-3H3. The molecule has 0 saturated carbocycles. The van der Waals surface area contributed by atoms with Gasteiger partial charge in [-0.1, -0.05) is 19.9 Å². The number of nitriles is 1. The third-order valence-electron chi connectivity index (χ3n) is 3.37. The molecule has 1 aromatic rings. The van der Waals surface area contributed by atoms with Crippen LogP contribution in [0.25, 0.3) is 0 Å². The Morgan fingerprint density at radius 1 is 1.47 bits per heavy atom. The number of hydrogen-bond acceptors (Lipinski definition) is 3. The summed E-state index contributed by atoms with van der Waals surface area (Å²) in [5.41, 5.74) is 2.48. The molecule has 0 aromatic heterocycles. The lowest BCUT2D eigenvalue weighted by molar-refractivity contribution is -0.118. The molecular formula is C15H19N3O. The molecule has 100 valence electrons. The van der Waals surface area contributed by atoms with Gasteiger partial charge >= 0.3 is 0 Å². The van der Waals surface area contributed by atoms with Crippen LogP contribution in [0.1, 0.15) is 31.4 Å². The van der Waals surface area contributed by atoms with Gasteiger partial charge in [-0.2, -0.15) is 5.26 Å². The van der Waals surface area contributed by atoms with Crippen LogP contribution in [0.5, 0.6) is 0 Å². The van der Waals surface area contributed by atoms with Gasteiger partial charge in [-0.25, -0.2) is 0 Å². The Hall–Kier alpha value is -1.86. The van der Waals surface area contributed by atoms with Crippen molar-refractivity contribution in [2.75, 3.05) is 11.4 Å². The molecule has 1 amide bonds. The number of aryl methyl sites for hydroxylation is 1. The van der Waals surface area contributed by atoms with Gasteiger partial charge in [0.05, 0.1) is 17.7 Å². The van der Waals surface area contributed by atoms with Gasteiger partial charge in [-0.05, 0) is 31.0 Å². The summed E-state index contributed by atoms with van der Waals surface area (Å²) in [7, 11) is 0. The van der Waals surface area contributed by atoms with Gasteiger partial charge in [0.1, 0.15) is 0 Å². The molecule has 1 fully saturated rings. The first kappa shape index (κ1) is 13.6. The maximum atomic E-state index is 12.4. The van der Waals surface area contributed by atoms with Crippen LogP contribution in [0.2, 0.25) is 0 Å². The minimum absolute atomic E-state index is 0.104. The molecule has 1 aromatic carbocycles. The van der Waals surface area contributed by atoms with E-state index in [1.54, 1.807) is 17.0 Å². The van der Waals surface area contributed by atoms with Gasteiger partial charge < -0.3 is 10.2 Å². The molecule has 1 saturated heterocycles. The molecule has 1 unspecified atom stereocenters. The highest BCUT2D eigenvalue weighted by atomic mass is 16.2. The summed E-state index contributed by atoms with van der Waals surface area (Å²) in [5, 5.41) is 12.2. The maximum Gasteiger partial charge on any atom is 0.244 e. The fraction of sp³-hybridized carbons (Fsp3) is 0.467. The number of carbonyl (C=O) groups is 1. The molecule has 0 bridgehead atoms. The molecule has 4 nitrogen and oxygen atoms in total. The molecule has 0 aliphatic carbocycles. The zero-order chi connectivity index (χ0) is 14.0. The first-order valence-corrected chi connectivity index (χ1v) is 6.61. The Bertz CT molecular complexity index is 531. The van der Waals surface area contributed by atoms with Crippen molar-refractivity contribution in [3.8, 4) is 6.07 Å². The Morgan fingerprint density at radius 2 is 2.21 bits per heavy atom. The molecule has 0 radical (unpaired) electrons. The van der Waals surface area contributed by atoms with E-state index in [9.17, 15) is 4.79 Å². The van der Waals surface area contributed by atoms with Crippen LogP contribution < -0.4 is 10.2 Å². The number of anilines is 1. The van der Waals surface area contributed by atoms with E-state index in [4.69, 9.17) is 5.26 Å². The summed E-state index contributed by atoms with van der Waals surface area (Å²) in [6.07, 6.45) is 0.813. The largest absolute Gasteiger partial charge is 0.311 e. The van der Waals surface area contributed by atoms with E-state index in [0.717, 1.165) is 17.7 Å². The predicted molar refractivity (Wildman–Crippen MR) is 74.9 cm³/mol. The highest BCUT2D eigenvalue weighted by molar-refractivity contribution is 6.00. The average molecular weight is 257 g/mol. The molecule has 4 heteroatoms. The average Bonchev–Trinajstić information content (AvgIpc) is 2.71. The Labute approximate surface area is 114 Å². The van der Waals surface area contributed by atoms with Gasteiger partial charge in [-0.3, -0.25) is 4.79 Å². The van der Waals surface area contributed by atoms with Crippen LogP contribution in [0, 0.1) is 18.3 Å². The van der Waals surface area contributed by atoms with Crippen molar-refractivity contribution in [2.24, 2.45) is 0 Å². The molecular weight excluding hydrogens is 238 g/mol. The summed E-state index contributed by atoms with van der Waals surface area (Å²) in [6, 6.07) is 7.78. The molecule has 1 N–H and O–H groups in total. The summed E-state index contributed by atoms with van der Waals surface area (Å²) in [4.78, 5) is 14.2. The topological polar surface area (TPSA) is 56.1 Å². The molecule has 1 heterocycles. The molecule has 19 heavy (non-hydrogen) atoms. The fourth-order valence-electron chi connectivity index (χ4n) is 2.45. The van der Waals surface area contributed by atoms with Crippen molar-refractivity contribution in [3.63, 3.8) is 0 Å². The zero-order valence-corrected chi connectivity index (χ0v) is 11.6. The summed E-state index contributed by atoms with van der Waals surface area (Å²) >= 11 is 0. The third-order valence-corrected chi connectivity index (χ3v) is 3.37. The van der Waals surface area contributed by atoms with Crippen molar-refractivity contribution in [2.45, 2.75) is 39.3 Å². The lowest BCUT2D eigenvalue weighted by Crippen LogP contribution is -2.41. The molecule has 0 spiro atoms. The van der Waals surface area contributed by atoms with Crippen LogP contribution >= 0.6 is 0 Å². The number of nitrogens with one attached hydrogen (secondary N) is 1. The lowest BCUT2D eigenvalue weighted by atomic mass is 10.1. The Kier molecular flexibility index (Phi) is 3.87.